The van der Waals surface area contributed by atoms with Crippen molar-refractivity contribution in [3.63, 3.8) is 0 Å². The van der Waals surface area contributed by atoms with Gasteiger partial charge in [0.15, 0.2) is 0 Å². The SMILES string of the molecule is CC(C)c1nc(Br)cc(NCC2CCCCC2)n1. The summed E-state index contributed by atoms with van der Waals surface area (Å²) in [6.07, 6.45) is 6.90. The molecule has 1 aliphatic carbocycles. The Kier molecular flexibility index (Phi) is 4.98. The summed E-state index contributed by atoms with van der Waals surface area (Å²) in [6.45, 7) is 5.28. The van der Waals surface area contributed by atoms with E-state index in [1.165, 1.54) is 32.1 Å². The van der Waals surface area contributed by atoms with Crippen LogP contribution in [-0.2, 0) is 0 Å². The molecule has 0 amide bonds. The standard InChI is InChI=1S/C14H22BrN3/c1-10(2)14-17-12(15)8-13(18-14)16-9-11-6-4-3-5-7-11/h8,10-11H,3-7,9H2,1-2H3,(H,16,17,18). The molecule has 1 N–H and O–H groups in total. The molecule has 1 saturated carbocycles. The monoisotopic (exact) mass is 311 g/mol. The van der Waals surface area contributed by atoms with Gasteiger partial charge in [0.05, 0.1) is 0 Å². The zero-order chi connectivity index (χ0) is 13.0. The van der Waals surface area contributed by atoms with E-state index < -0.39 is 0 Å². The van der Waals surface area contributed by atoms with Crippen LogP contribution in [0.5, 0.6) is 0 Å². The van der Waals surface area contributed by atoms with E-state index in [9.17, 15) is 0 Å². The van der Waals surface area contributed by atoms with Gasteiger partial charge in [0, 0.05) is 18.5 Å². The van der Waals surface area contributed by atoms with Gasteiger partial charge < -0.3 is 5.32 Å². The minimum absolute atomic E-state index is 0.359. The van der Waals surface area contributed by atoms with Crippen molar-refractivity contribution in [1.29, 1.82) is 0 Å². The largest absolute Gasteiger partial charge is 0.370 e. The Morgan fingerprint density at radius 3 is 2.67 bits per heavy atom. The van der Waals surface area contributed by atoms with Gasteiger partial charge in [0.25, 0.3) is 0 Å². The number of rotatable bonds is 4. The fourth-order valence-electron chi connectivity index (χ4n) is 2.42. The highest BCUT2D eigenvalue weighted by molar-refractivity contribution is 9.10. The molecule has 0 spiro atoms. The first kappa shape index (κ1) is 13.8. The van der Waals surface area contributed by atoms with Crippen molar-refractivity contribution in [2.75, 3.05) is 11.9 Å². The second-order valence-corrected chi connectivity index (χ2v) is 6.29. The van der Waals surface area contributed by atoms with Crippen molar-refractivity contribution in [1.82, 2.24) is 9.97 Å². The lowest BCUT2D eigenvalue weighted by atomic mass is 9.89. The zero-order valence-corrected chi connectivity index (χ0v) is 12.8. The van der Waals surface area contributed by atoms with E-state index in [-0.39, 0.29) is 0 Å². The highest BCUT2D eigenvalue weighted by Gasteiger charge is 2.14. The lowest BCUT2D eigenvalue weighted by Crippen LogP contribution is -2.18. The van der Waals surface area contributed by atoms with Crippen molar-refractivity contribution >= 4 is 21.7 Å². The summed E-state index contributed by atoms with van der Waals surface area (Å²) in [5, 5.41) is 3.47. The average Bonchev–Trinajstić information content (AvgIpc) is 2.37. The molecule has 0 atom stereocenters. The van der Waals surface area contributed by atoms with Gasteiger partial charge in [-0.2, -0.15) is 0 Å². The first-order chi connectivity index (χ1) is 8.65. The Bertz CT molecular complexity index is 387. The minimum atomic E-state index is 0.359. The minimum Gasteiger partial charge on any atom is -0.370 e. The van der Waals surface area contributed by atoms with Gasteiger partial charge in [-0.1, -0.05) is 33.1 Å². The average molecular weight is 312 g/mol. The summed E-state index contributed by atoms with van der Waals surface area (Å²) in [5.74, 6) is 3.02. The van der Waals surface area contributed by atoms with Gasteiger partial charge in [0.2, 0.25) is 0 Å². The molecule has 0 bridgehead atoms. The second kappa shape index (κ2) is 6.50. The van der Waals surface area contributed by atoms with E-state index >= 15 is 0 Å². The second-order valence-electron chi connectivity index (χ2n) is 5.47. The molecule has 1 aromatic rings. The Morgan fingerprint density at radius 2 is 2.00 bits per heavy atom. The molecular weight excluding hydrogens is 290 g/mol. The fourth-order valence-corrected chi connectivity index (χ4v) is 2.82. The summed E-state index contributed by atoms with van der Waals surface area (Å²) in [7, 11) is 0. The van der Waals surface area contributed by atoms with Crippen molar-refractivity contribution in [2.45, 2.75) is 51.9 Å². The fraction of sp³-hybridized carbons (Fsp3) is 0.714. The van der Waals surface area contributed by atoms with Gasteiger partial charge in [-0.3, -0.25) is 0 Å². The topological polar surface area (TPSA) is 37.8 Å². The molecule has 0 unspecified atom stereocenters. The highest BCUT2D eigenvalue weighted by Crippen LogP contribution is 2.24. The molecule has 0 radical (unpaired) electrons. The van der Waals surface area contributed by atoms with Gasteiger partial charge in [-0.05, 0) is 34.7 Å². The van der Waals surface area contributed by atoms with Crippen molar-refractivity contribution in [3.05, 3.63) is 16.5 Å². The molecule has 18 heavy (non-hydrogen) atoms. The predicted molar refractivity (Wildman–Crippen MR) is 78.9 cm³/mol. The van der Waals surface area contributed by atoms with Crippen LogP contribution in [0.1, 0.15) is 57.7 Å². The maximum atomic E-state index is 4.57. The molecule has 3 nitrogen and oxygen atoms in total. The molecule has 0 saturated heterocycles. The predicted octanol–water partition coefficient (Wildman–Crippen LogP) is 4.35. The van der Waals surface area contributed by atoms with Crippen LogP contribution in [0.2, 0.25) is 0 Å². The van der Waals surface area contributed by atoms with Crippen molar-refractivity contribution in [2.24, 2.45) is 5.92 Å². The lowest BCUT2D eigenvalue weighted by molar-refractivity contribution is 0.373. The third-order valence-corrected chi connectivity index (χ3v) is 3.93. The Balaban J connectivity index is 1.95. The molecule has 1 fully saturated rings. The van der Waals surface area contributed by atoms with Crippen LogP contribution in [0.25, 0.3) is 0 Å². The van der Waals surface area contributed by atoms with Crippen LogP contribution < -0.4 is 5.32 Å². The van der Waals surface area contributed by atoms with Crippen LogP contribution in [0.4, 0.5) is 5.82 Å². The molecular formula is C14H22BrN3. The maximum Gasteiger partial charge on any atom is 0.134 e. The summed E-state index contributed by atoms with van der Waals surface area (Å²) >= 11 is 3.46. The first-order valence-corrected chi connectivity index (χ1v) is 7.73. The number of aromatic nitrogens is 2. The number of hydrogen-bond acceptors (Lipinski definition) is 3. The summed E-state index contributed by atoms with van der Waals surface area (Å²) in [4.78, 5) is 8.96. The number of nitrogens with one attached hydrogen (secondary N) is 1. The molecule has 1 aromatic heterocycles. The van der Waals surface area contributed by atoms with E-state index in [1.54, 1.807) is 0 Å². The molecule has 4 heteroatoms. The number of halogens is 1. The van der Waals surface area contributed by atoms with Gasteiger partial charge >= 0.3 is 0 Å². The zero-order valence-electron chi connectivity index (χ0n) is 11.2. The van der Waals surface area contributed by atoms with Crippen LogP contribution >= 0.6 is 15.9 Å². The number of anilines is 1. The van der Waals surface area contributed by atoms with Gasteiger partial charge in [0.1, 0.15) is 16.2 Å². The maximum absolute atomic E-state index is 4.57. The van der Waals surface area contributed by atoms with Gasteiger partial charge in [-0.25, -0.2) is 9.97 Å². The Labute approximate surface area is 118 Å². The Morgan fingerprint density at radius 1 is 1.28 bits per heavy atom. The van der Waals surface area contributed by atoms with Crippen LogP contribution in [0.15, 0.2) is 10.7 Å². The summed E-state index contributed by atoms with van der Waals surface area (Å²) in [6, 6.07) is 1.97. The molecule has 2 rings (SSSR count). The third-order valence-electron chi connectivity index (χ3n) is 3.53. The third kappa shape index (κ3) is 3.94. The van der Waals surface area contributed by atoms with Crippen molar-refractivity contribution in [3.8, 4) is 0 Å². The molecule has 0 aromatic carbocycles. The molecule has 1 aliphatic rings. The van der Waals surface area contributed by atoms with E-state index in [0.717, 1.165) is 28.7 Å². The quantitative estimate of drug-likeness (QED) is 0.840. The van der Waals surface area contributed by atoms with Crippen molar-refractivity contribution < 1.29 is 0 Å². The summed E-state index contributed by atoms with van der Waals surface area (Å²) < 4.78 is 0.868. The smallest absolute Gasteiger partial charge is 0.134 e. The Hall–Kier alpha value is -0.640. The normalized spacial score (nSPS) is 17.1. The van der Waals surface area contributed by atoms with E-state index in [2.05, 4.69) is 45.1 Å². The summed E-state index contributed by atoms with van der Waals surface area (Å²) in [5.41, 5.74) is 0. The lowest BCUT2D eigenvalue weighted by Gasteiger charge is -2.22. The molecule has 0 aliphatic heterocycles. The van der Waals surface area contributed by atoms with E-state index in [1.807, 2.05) is 6.07 Å². The van der Waals surface area contributed by atoms with Crippen LogP contribution in [0.3, 0.4) is 0 Å². The number of nitrogens with zero attached hydrogens (tertiary/aromatic N) is 2. The van der Waals surface area contributed by atoms with E-state index in [4.69, 9.17) is 0 Å². The first-order valence-electron chi connectivity index (χ1n) is 6.93. The molecule has 1 heterocycles. The molecule has 100 valence electrons. The van der Waals surface area contributed by atoms with E-state index in [0.29, 0.717) is 5.92 Å². The number of hydrogen-bond donors (Lipinski definition) is 1. The highest BCUT2D eigenvalue weighted by atomic mass is 79.9. The van der Waals surface area contributed by atoms with Gasteiger partial charge in [-0.15, -0.1) is 0 Å². The van der Waals surface area contributed by atoms with Crippen LogP contribution in [-0.4, -0.2) is 16.5 Å². The van der Waals surface area contributed by atoms with Crippen LogP contribution in [0, 0.1) is 5.92 Å².